The van der Waals surface area contributed by atoms with E-state index in [1.807, 2.05) is 0 Å². The normalized spacial score (nSPS) is 11.2. The van der Waals surface area contributed by atoms with Crippen LogP contribution in [0.25, 0.3) is 0 Å². The standard InChI is InChI=1S/C12H18NO6P/c1-4-17-20(15,18-5-2)9-6-7-10(19-12(13)14)11(8-9)16-3/h6-8H,4-5H2,1-3H3,(H2,13,14). The number of primary amides is 1. The summed E-state index contributed by atoms with van der Waals surface area (Å²) < 4.78 is 32.9. The van der Waals surface area contributed by atoms with Crippen molar-refractivity contribution in [3.05, 3.63) is 18.2 Å². The van der Waals surface area contributed by atoms with Gasteiger partial charge in [-0.25, -0.2) is 4.79 Å². The first-order chi connectivity index (χ1) is 9.46. The Morgan fingerprint density at radius 2 is 1.80 bits per heavy atom. The molecule has 20 heavy (non-hydrogen) atoms. The van der Waals surface area contributed by atoms with Crippen LogP contribution in [0.15, 0.2) is 18.2 Å². The number of amides is 1. The maximum atomic E-state index is 12.6. The Bertz CT molecular complexity index is 509. The highest BCUT2D eigenvalue weighted by molar-refractivity contribution is 7.62. The Balaban J connectivity index is 3.18. The molecule has 0 aliphatic heterocycles. The molecule has 0 saturated carbocycles. The average molecular weight is 303 g/mol. The van der Waals surface area contributed by atoms with Gasteiger partial charge in [0, 0.05) is 0 Å². The molecule has 8 heteroatoms. The van der Waals surface area contributed by atoms with Crippen LogP contribution in [0.4, 0.5) is 4.79 Å². The first-order valence-corrected chi connectivity index (χ1v) is 7.56. The second-order valence-corrected chi connectivity index (χ2v) is 5.62. The lowest BCUT2D eigenvalue weighted by molar-refractivity contribution is 0.208. The minimum absolute atomic E-state index is 0.128. The number of hydrogen-bond acceptors (Lipinski definition) is 6. The van der Waals surface area contributed by atoms with E-state index in [4.69, 9.17) is 24.3 Å². The van der Waals surface area contributed by atoms with E-state index in [9.17, 15) is 9.36 Å². The number of hydrogen-bond donors (Lipinski definition) is 1. The number of carbonyl (C=O) groups is 1. The number of rotatable bonds is 7. The van der Waals surface area contributed by atoms with Crippen LogP contribution in [-0.4, -0.2) is 26.4 Å². The maximum absolute atomic E-state index is 12.6. The molecule has 2 N–H and O–H groups in total. The van der Waals surface area contributed by atoms with Crippen molar-refractivity contribution >= 4 is 19.0 Å². The Kier molecular flexibility index (Phi) is 6.01. The van der Waals surface area contributed by atoms with Gasteiger partial charge in [0.05, 0.1) is 25.6 Å². The first-order valence-electron chi connectivity index (χ1n) is 6.01. The number of nitrogens with two attached hydrogens (primary N) is 1. The van der Waals surface area contributed by atoms with E-state index in [0.29, 0.717) is 5.30 Å². The summed E-state index contributed by atoms with van der Waals surface area (Å²) >= 11 is 0. The number of ether oxygens (including phenoxy) is 2. The number of methoxy groups -OCH3 is 1. The third-order valence-corrected chi connectivity index (χ3v) is 4.38. The summed E-state index contributed by atoms with van der Waals surface area (Å²) in [5.74, 6) is 0.337. The van der Waals surface area contributed by atoms with Crippen molar-refractivity contribution in [2.75, 3.05) is 20.3 Å². The van der Waals surface area contributed by atoms with Crippen LogP contribution >= 0.6 is 7.60 Å². The molecule has 7 nitrogen and oxygen atoms in total. The molecule has 0 saturated heterocycles. The van der Waals surface area contributed by atoms with E-state index in [2.05, 4.69) is 0 Å². The third-order valence-electron chi connectivity index (χ3n) is 2.27. The summed E-state index contributed by atoms with van der Waals surface area (Å²) in [6.45, 7) is 3.90. The lowest BCUT2D eigenvalue weighted by Crippen LogP contribution is -2.17. The van der Waals surface area contributed by atoms with Gasteiger partial charge in [-0.2, -0.15) is 0 Å². The fourth-order valence-electron chi connectivity index (χ4n) is 1.55. The molecular weight excluding hydrogens is 285 g/mol. The topological polar surface area (TPSA) is 97.1 Å². The van der Waals surface area contributed by atoms with Gasteiger partial charge < -0.3 is 24.3 Å². The fraction of sp³-hybridized carbons (Fsp3) is 0.417. The summed E-state index contributed by atoms with van der Waals surface area (Å²) in [6, 6.07) is 4.33. The molecule has 0 spiro atoms. The Morgan fingerprint density at radius 3 is 2.25 bits per heavy atom. The van der Waals surface area contributed by atoms with Gasteiger partial charge in [-0.05, 0) is 32.0 Å². The van der Waals surface area contributed by atoms with Gasteiger partial charge in [0.15, 0.2) is 11.5 Å². The van der Waals surface area contributed by atoms with Crippen LogP contribution in [0.1, 0.15) is 13.8 Å². The highest BCUT2D eigenvalue weighted by Crippen LogP contribution is 2.48. The van der Waals surface area contributed by atoms with Crippen LogP contribution < -0.4 is 20.5 Å². The zero-order chi connectivity index (χ0) is 15.2. The van der Waals surface area contributed by atoms with Crippen molar-refractivity contribution in [2.24, 2.45) is 5.73 Å². The van der Waals surface area contributed by atoms with Gasteiger partial charge in [-0.1, -0.05) is 0 Å². The van der Waals surface area contributed by atoms with E-state index < -0.39 is 13.7 Å². The third kappa shape index (κ3) is 3.96. The van der Waals surface area contributed by atoms with E-state index in [1.54, 1.807) is 13.8 Å². The molecule has 0 fully saturated rings. The fourth-order valence-corrected chi connectivity index (χ4v) is 3.13. The van der Waals surface area contributed by atoms with Gasteiger partial charge in [0.25, 0.3) is 0 Å². The molecule has 0 unspecified atom stereocenters. The van der Waals surface area contributed by atoms with Gasteiger partial charge in [0.2, 0.25) is 0 Å². The average Bonchev–Trinajstić information content (AvgIpc) is 2.39. The van der Waals surface area contributed by atoms with E-state index in [0.717, 1.165) is 0 Å². The SMILES string of the molecule is CCOP(=O)(OCC)c1ccc(OC(N)=O)c(OC)c1. The van der Waals surface area contributed by atoms with Crippen molar-refractivity contribution in [1.82, 2.24) is 0 Å². The highest BCUT2D eigenvalue weighted by Gasteiger charge is 2.28. The summed E-state index contributed by atoms with van der Waals surface area (Å²) in [4.78, 5) is 10.8. The summed E-state index contributed by atoms with van der Waals surface area (Å²) in [5, 5.41) is 0.315. The summed E-state index contributed by atoms with van der Waals surface area (Å²) in [7, 11) is -2.03. The first kappa shape index (κ1) is 16.5. The van der Waals surface area contributed by atoms with Crippen LogP contribution in [0.2, 0.25) is 0 Å². The smallest absolute Gasteiger partial charge is 0.410 e. The Morgan fingerprint density at radius 1 is 1.20 bits per heavy atom. The lowest BCUT2D eigenvalue weighted by Gasteiger charge is -2.18. The molecule has 0 aliphatic carbocycles. The molecule has 1 aromatic carbocycles. The Labute approximate surface area is 117 Å². The predicted octanol–water partition coefficient (Wildman–Crippen LogP) is 2.04. The predicted molar refractivity (Wildman–Crippen MR) is 73.7 cm³/mol. The summed E-state index contributed by atoms with van der Waals surface area (Å²) in [5.41, 5.74) is 4.95. The minimum atomic E-state index is -3.42. The number of carbonyl (C=O) groups excluding carboxylic acids is 1. The minimum Gasteiger partial charge on any atom is -0.493 e. The molecule has 0 heterocycles. The van der Waals surface area contributed by atoms with E-state index in [1.165, 1.54) is 25.3 Å². The van der Waals surface area contributed by atoms with Gasteiger partial charge in [-0.3, -0.25) is 4.57 Å². The second-order valence-electron chi connectivity index (χ2n) is 3.59. The second kappa shape index (κ2) is 7.28. The molecule has 1 rings (SSSR count). The van der Waals surface area contributed by atoms with Crippen LogP contribution in [0.3, 0.4) is 0 Å². The van der Waals surface area contributed by atoms with Gasteiger partial charge in [-0.15, -0.1) is 0 Å². The monoisotopic (exact) mass is 303 g/mol. The molecule has 0 aromatic heterocycles. The Hall–Kier alpha value is -1.56. The van der Waals surface area contributed by atoms with Crippen molar-refractivity contribution in [1.29, 1.82) is 0 Å². The van der Waals surface area contributed by atoms with E-state index in [-0.39, 0.29) is 24.7 Å². The molecule has 0 aliphatic rings. The van der Waals surface area contributed by atoms with Gasteiger partial charge >= 0.3 is 13.7 Å². The molecule has 1 aromatic rings. The van der Waals surface area contributed by atoms with Gasteiger partial charge in [0.1, 0.15) is 0 Å². The largest absolute Gasteiger partial charge is 0.493 e. The van der Waals surface area contributed by atoms with Crippen molar-refractivity contribution in [3.8, 4) is 11.5 Å². The van der Waals surface area contributed by atoms with Crippen molar-refractivity contribution in [2.45, 2.75) is 13.8 Å². The van der Waals surface area contributed by atoms with Crippen molar-refractivity contribution in [3.63, 3.8) is 0 Å². The van der Waals surface area contributed by atoms with Crippen LogP contribution in [-0.2, 0) is 13.6 Å². The molecule has 1 amide bonds. The summed E-state index contributed by atoms with van der Waals surface area (Å²) in [6.07, 6.45) is -0.964. The quantitative estimate of drug-likeness (QED) is 0.774. The molecular formula is C12H18NO6P. The van der Waals surface area contributed by atoms with Crippen LogP contribution in [0.5, 0.6) is 11.5 Å². The van der Waals surface area contributed by atoms with Crippen molar-refractivity contribution < 1.29 is 27.9 Å². The molecule has 112 valence electrons. The molecule has 0 radical (unpaired) electrons. The zero-order valence-electron chi connectivity index (χ0n) is 11.6. The highest BCUT2D eigenvalue weighted by atomic mass is 31.2. The molecule has 0 atom stereocenters. The molecule has 0 bridgehead atoms. The lowest BCUT2D eigenvalue weighted by atomic mass is 10.3. The zero-order valence-corrected chi connectivity index (χ0v) is 12.5. The van der Waals surface area contributed by atoms with E-state index >= 15 is 0 Å². The maximum Gasteiger partial charge on any atom is 0.410 e. The number of benzene rings is 1. The van der Waals surface area contributed by atoms with Crippen LogP contribution in [0, 0.1) is 0 Å².